The van der Waals surface area contributed by atoms with Crippen LogP contribution in [0, 0.1) is 11.3 Å². The van der Waals surface area contributed by atoms with Gasteiger partial charge in [0, 0.05) is 43.4 Å². The molecule has 3 aliphatic rings. The molecule has 0 radical (unpaired) electrons. The average molecular weight is 725 g/mol. The molecule has 6 atom stereocenters. The average Bonchev–Trinajstić information content (AvgIpc) is 3.13. The molecule has 0 unspecified atom stereocenters. The first kappa shape index (κ1) is 37.7. The molecule has 53 heavy (non-hydrogen) atoms. The predicted octanol–water partition coefficient (Wildman–Crippen LogP) is 5.58. The summed E-state index contributed by atoms with van der Waals surface area (Å²) in [5, 5.41) is 36.9. The van der Waals surface area contributed by atoms with E-state index >= 15 is 0 Å². The van der Waals surface area contributed by atoms with E-state index in [1.54, 1.807) is 45.0 Å². The Hall–Kier alpha value is -5.10. The van der Waals surface area contributed by atoms with Crippen molar-refractivity contribution < 1.29 is 53.4 Å². The summed E-state index contributed by atoms with van der Waals surface area (Å²) in [4.78, 5) is 54.5. The summed E-state index contributed by atoms with van der Waals surface area (Å²) in [5.74, 6) is -5.22. The van der Waals surface area contributed by atoms with Gasteiger partial charge in [-0.15, -0.1) is 0 Å². The normalized spacial score (nSPS) is 29.6. The molecular weight excluding hydrogens is 680 g/mol. The van der Waals surface area contributed by atoms with Gasteiger partial charge in [-0.3, -0.25) is 9.59 Å². The standard InChI is InChI=1S/C42H44O11/c1-24-31(51-33(45)18-16-27-15-17-28-11-9-10-14-30(28)21-27)22-42(49)38(52-39(48)29-12-7-6-8-13-29)35(25(2)36(46)37(47)34(24)40(42,4)5)41(53-26(3)44)23-50-32(41)19-20-43/h6-18,21,31-32,35,38,43,46,49H,19-20,22-23H2,1-5H3/b18-16+,36-25+/t31-,32+,35+,38-,41-,42+/m0/s1. The summed E-state index contributed by atoms with van der Waals surface area (Å²) >= 11 is 0. The van der Waals surface area contributed by atoms with Crippen LogP contribution in [-0.4, -0.2) is 81.7 Å². The number of aliphatic hydroxyl groups is 3. The zero-order chi connectivity index (χ0) is 38.3. The van der Waals surface area contributed by atoms with Gasteiger partial charge < -0.3 is 34.3 Å². The van der Waals surface area contributed by atoms with E-state index < -0.39 is 70.3 Å². The lowest BCUT2D eigenvalue weighted by Gasteiger charge is -2.60. The summed E-state index contributed by atoms with van der Waals surface area (Å²) in [7, 11) is 0. The number of allylic oxidation sites excluding steroid dienone is 1. The highest BCUT2D eigenvalue weighted by Gasteiger charge is 2.69. The second-order valence-electron chi connectivity index (χ2n) is 14.6. The molecule has 1 heterocycles. The molecule has 0 spiro atoms. The van der Waals surface area contributed by atoms with E-state index in [9.17, 15) is 34.5 Å². The second kappa shape index (κ2) is 14.4. The fourth-order valence-electron chi connectivity index (χ4n) is 8.30. The molecule has 11 heteroatoms. The predicted molar refractivity (Wildman–Crippen MR) is 194 cm³/mol. The van der Waals surface area contributed by atoms with Crippen LogP contribution in [0.4, 0.5) is 0 Å². The second-order valence-corrected chi connectivity index (χ2v) is 14.6. The Balaban J connectivity index is 1.48. The van der Waals surface area contributed by atoms with Crippen molar-refractivity contribution in [3.05, 3.63) is 112 Å². The van der Waals surface area contributed by atoms with Crippen molar-refractivity contribution in [3.8, 4) is 0 Å². The van der Waals surface area contributed by atoms with E-state index in [0.717, 1.165) is 16.3 Å². The van der Waals surface area contributed by atoms with E-state index in [2.05, 4.69) is 0 Å². The molecule has 2 bridgehead atoms. The number of aliphatic hydroxyl groups excluding tert-OH is 2. The third-order valence-electron chi connectivity index (χ3n) is 11.1. The van der Waals surface area contributed by atoms with E-state index in [1.165, 1.54) is 32.1 Å². The van der Waals surface area contributed by atoms with E-state index in [4.69, 9.17) is 18.9 Å². The Labute approximate surface area is 307 Å². The molecule has 1 aliphatic heterocycles. The van der Waals surface area contributed by atoms with Crippen molar-refractivity contribution in [3.63, 3.8) is 0 Å². The molecule has 3 N–H and O–H groups in total. The number of hydrogen-bond acceptors (Lipinski definition) is 11. The highest BCUT2D eigenvalue weighted by Crippen LogP contribution is 2.58. The molecule has 3 aromatic carbocycles. The molecule has 278 valence electrons. The Morgan fingerprint density at radius 1 is 0.943 bits per heavy atom. The van der Waals surface area contributed by atoms with Crippen molar-refractivity contribution >= 4 is 40.5 Å². The van der Waals surface area contributed by atoms with Gasteiger partial charge in [-0.1, -0.05) is 68.4 Å². The fraction of sp³-hybridized carbons (Fsp3) is 0.381. The molecular formula is C42H44O11. The summed E-state index contributed by atoms with van der Waals surface area (Å²) in [6, 6.07) is 21.6. The number of carbonyl (C=O) groups is 4. The van der Waals surface area contributed by atoms with Gasteiger partial charge >= 0.3 is 17.9 Å². The minimum Gasteiger partial charge on any atom is -0.504 e. The van der Waals surface area contributed by atoms with Crippen LogP contribution in [0.15, 0.2) is 101 Å². The monoisotopic (exact) mass is 724 g/mol. The lowest BCUT2D eigenvalue weighted by atomic mass is 9.53. The van der Waals surface area contributed by atoms with Gasteiger partial charge in [0.25, 0.3) is 0 Å². The maximum Gasteiger partial charge on any atom is 0.338 e. The fourth-order valence-corrected chi connectivity index (χ4v) is 8.30. The summed E-state index contributed by atoms with van der Waals surface area (Å²) in [6.07, 6.45) is -1.29. The SMILES string of the molecule is CC(=O)O[C@@]1([C@@H]2/C(C)=C(/O)C(=O)C3=C(C)[C@@H](OC(=O)/C=C/c4ccc5ccccc5c4)C[C@@](O)([C@H]2OC(=O)c2ccccc2)C3(C)C)CO[C@@H]1CCO. The Kier molecular flexibility index (Phi) is 10.2. The summed E-state index contributed by atoms with van der Waals surface area (Å²) in [5.41, 5.74) is -4.24. The van der Waals surface area contributed by atoms with Gasteiger partial charge in [0.15, 0.2) is 11.4 Å². The number of ketones is 1. The minimum absolute atomic E-state index is 0.0126. The van der Waals surface area contributed by atoms with Crippen LogP contribution in [0.25, 0.3) is 16.8 Å². The number of esters is 3. The van der Waals surface area contributed by atoms with Crippen LogP contribution in [-0.2, 0) is 33.3 Å². The van der Waals surface area contributed by atoms with Crippen LogP contribution in [0.2, 0.25) is 0 Å². The van der Waals surface area contributed by atoms with Crippen molar-refractivity contribution in [2.45, 2.75) is 77.0 Å². The smallest absolute Gasteiger partial charge is 0.338 e. The van der Waals surface area contributed by atoms with Gasteiger partial charge in [-0.25, -0.2) is 9.59 Å². The quantitative estimate of drug-likeness (QED) is 0.143. The molecule has 6 rings (SSSR count). The number of hydrogen-bond donors (Lipinski definition) is 3. The Morgan fingerprint density at radius 2 is 1.62 bits per heavy atom. The Morgan fingerprint density at radius 3 is 2.26 bits per heavy atom. The van der Waals surface area contributed by atoms with Crippen molar-refractivity contribution in [2.75, 3.05) is 13.2 Å². The zero-order valence-electron chi connectivity index (χ0n) is 30.3. The number of benzene rings is 3. The van der Waals surface area contributed by atoms with Gasteiger partial charge in [-0.2, -0.15) is 0 Å². The van der Waals surface area contributed by atoms with Crippen LogP contribution in [0.1, 0.15) is 63.4 Å². The number of ether oxygens (including phenoxy) is 4. The highest BCUT2D eigenvalue weighted by atomic mass is 16.6. The van der Waals surface area contributed by atoms with Crippen molar-refractivity contribution in [2.24, 2.45) is 11.3 Å². The molecule has 3 aromatic rings. The van der Waals surface area contributed by atoms with Crippen molar-refractivity contribution in [1.29, 1.82) is 0 Å². The zero-order valence-corrected chi connectivity index (χ0v) is 30.3. The van der Waals surface area contributed by atoms with Crippen LogP contribution < -0.4 is 0 Å². The van der Waals surface area contributed by atoms with Gasteiger partial charge in [-0.05, 0) is 65.6 Å². The minimum atomic E-state index is -2.19. The van der Waals surface area contributed by atoms with E-state index in [0.29, 0.717) is 5.57 Å². The number of carbonyl (C=O) groups excluding carboxylic acids is 4. The third kappa shape index (κ3) is 6.58. The van der Waals surface area contributed by atoms with Gasteiger partial charge in [0.2, 0.25) is 5.78 Å². The van der Waals surface area contributed by atoms with Gasteiger partial charge in [0.05, 0.1) is 18.1 Å². The van der Waals surface area contributed by atoms with Crippen LogP contribution in [0.5, 0.6) is 0 Å². The molecule has 1 fully saturated rings. The van der Waals surface area contributed by atoms with Crippen LogP contribution >= 0.6 is 0 Å². The molecule has 0 amide bonds. The van der Waals surface area contributed by atoms with E-state index in [1.807, 2.05) is 42.5 Å². The lowest BCUT2D eigenvalue weighted by molar-refractivity contribution is -0.295. The first-order chi connectivity index (χ1) is 25.1. The molecule has 2 aliphatic carbocycles. The third-order valence-corrected chi connectivity index (χ3v) is 11.1. The summed E-state index contributed by atoms with van der Waals surface area (Å²) in [6.45, 7) is 6.80. The first-order valence-corrected chi connectivity index (χ1v) is 17.6. The number of rotatable bonds is 9. The maximum atomic E-state index is 14.4. The number of fused-ring (bicyclic) bond motifs is 3. The lowest BCUT2D eigenvalue weighted by Crippen LogP contribution is -2.73. The molecule has 0 aromatic heterocycles. The maximum absolute atomic E-state index is 14.4. The molecule has 1 saturated heterocycles. The van der Waals surface area contributed by atoms with Crippen LogP contribution in [0.3, 0.4) is 0 Å². The van der Waals surface area contributed by atoms with E-state index in [-0.39, 0.29) is 42.8 Å². The number of Topliss-reactive ketones (excluding diaryl/α,β-unsaturated/α-hetero) is 1. The largest absolute Gasteiger partial charge is 0.504 e. The molecule has 0 saturated carbocycles. The highest BCUT2D eigenvalue weighted by molar-refractivity contribution is 6.09. The first-order valence-electron chi connectivity index (χ1n) is 17.6. The van der Waals surface area contributed by atoms with Crippen molar-refractivity contribution in [1.82, 2.24) is 0 Å². The molecule has 11 nitrogen and oxygen atoms in total. The van der Waals surface area contributed by atoms with Gasteiger partial charge in [0.1, 0.15) is 23.9 Å². The summed E-state index contributed by atoms with van der Waals surface area (Å²) < 4.78 is 24.0. The topological polar surface area (TPSA) is 166 Å². The Bertz CT molecular complexity index is 2040.